The Labute approximate surface area is 185 Å². The quantitative estimate of drug-likeness (QED) is 0.657. The number of halogens is 2. The van der Waals surface area contributed by atoms with Gasteiger partial charge in [-0.25, -0.2) is 8.78 Å². The molecule has 2 aromatic rings. The fourth-order valence-electron chi connectivity index (χ4n) is 4.25. The van der Waals surface area contributed by atoms with Crippen LogP contribution in [0.4, 0.5) is 8.78 Å². The molecule has 1 saturated heterocycles. The van der Waals surface area contributed by atoms with Crippen molar-refractivity contribution < 1.29 is 23.1 Å². The smallest absolute Gasteiger partial charge is 0.236 e. The molecule has 0 spiro atoms. The second-order valence-corrected chi connectivity index (χ2v) is 8.47. The zero-order valence-electron chi connectivity index (χ0n) is 17.7. The predicted octanol–water partition coefficient (Wildman–Crippen LogP) is 2.71. The van der Waals surface area contributed by atoms with Crippen LogP contribution in [-0.4, -0.2) is 42.4 Å². The van der Waals surface area contributed by atoms with Crippen molar-refractivity contribution in [3.05, 3.63) is 65.2 Å². The van der Waals surface area contributed by atoms with Crippen molar-refractivity contribution in [1.29, 1.82) is 0 Å². The Kier molecular flexibility index (Phi) is 6.69. The summed E-state index contributed by atoms with van der Waals surface area (Å²) in [5.74, 6) is -1.98. The van der Waals surface area contributed by atoms with Crippen LogP contribution < -0.4 is 15.8 Å². The van der Waals surface area contributed by atoms with Crippen LogP contribution in [0.1, 0.15) is 36.3 Å². The molecule has 1 saturated carbocycles. The van der Waals surface area contributed by atoms with Gasteiger partial charge in [-0.2, -0.15) is 0 Å². The summed E-state index contributed by atoms with van der Waals surface area (Å²) >= 11 is 0. The van der Waals surface area contributed by atoms with Crippen molar-refractivity contribution >= 4 is 11.8 Å². The fourth-order valence-corrected chi connectivity index (χ4v) is 4.25. The van der Waals surface area contributed by atoms with Crippen molar-refractivity contribution in [3.63, 3.8) is 0 Å². The van der Waals surface area contributed by atoms with Crippen molar-refractivity contribution in [3.8, 4) is 5.75 Å². The standard InChI is InChI=1S/C24H27F2N3O3/c25-17-10-19(23(20(26)11-17)32-14-15-4-2-1-3-5-15)18-12-21(18)28-13-22(30)29-8-6-16(7-9-29)24(27)31/h1-5,10-11,16,18,21,28H,6-9,12-14H2,(H2,27,31)/t18-,21+/m0/s1. The van der Waals surface area contributed by atoms with Crippen LogP contribution in [0.3, 0.4) is 0 Å². The van der Waals surface area contributed by atoms with Crippen LogP contribution in [0.25, 0.3) is 0 Å². The highest BCUT2D eigenvalue weighted by Gasteiger charge is 2.41. The first kappa shape index (κ1) is 22.2. The number of likely N-dealkylation sites (tertiary alicyclic amines) is 1. The molecule has 2 amide bonds. The van der Waals surface area contributed by atoms with Gasteiger partial charge in [0.25, 0.3) is 0 Å². The number of carbonyl (C=O) groups is 2. The first-order valence-corrected chi connectivity index (χ1v) is 10.9. The van der Waals surface area contributed by atoms with Gasteiger partial charge < -0.3 is 20.7 Å². The summed E-state index contributed by atoms with van der Waals surface area (Å²) in [6.07, 6.45) is 1.83. The van der Waals surface area contributed by atoms with E-state index in [0.717, 1.165) is 11.6 Å². The van der Waals surface area contributed by atoms with E-state index in [1.54, 1.807) is 4.90 Å². The lowest BCUT2D eigenvalue weighted by Gasteiger charge is -2.30. The molecule has 1 heterocycles. The number of ether oxygens (including phenoxy) is 1. The third-order valence-corrected chi connectivity index (χ3v) is 6.22. The lowest BCUT2D eigenvalue weighted by Crippen LogP contribution is -2.45. The van der Waals surface area contributed by atoms with E-state index in [2.05, 4.69) is 5.32 Å². The van der Waals surface area contributed by atoms with E-state index < -0.39 is 11.6 Å². The molecule has 2 fully saturated rings. The largest absolute Gasteiger partial charge is 0.486 e. The van der Waals surface area contributed by atoms with Gasteiger partial charge in [0.15, 0.2) is 11.6 Å². The summed E-state index contributed by atoms with van der Waals surface area (Å²) in [4.78, 5) is 25.5. The Balaban J connectivity index is 1.33. The molecule has 2 aromatic carbocycles. The van der Waals surface area contributed by atoms with Gasteiger partial charge in [-0.1, -0.05) is 30.3 Å². The van der Waals surface area contributed by atoms with E-state index in [4.69, 9.17) is 10.5 Å². The molecule has 2 aliphatic rings. The van der Waals surface area contributed by atoms with E-state index in [-0.39, 0.29) is 48.6 Å². The van der Waals surface area contributed by atoms with E-state index in [9.17, 15) is 18.4 Å². The van der Waals surface area contributed by atoms with Gasteiger partial charge in [0.05, 0.1) is 6.54 Å². The topological polar surface area (TPSA) is 84.7 Å². The van der Waals surface area contributed by atoms with Gasteiger partial charge >= 0.3 is 0 Å². The number of hydrogen-bond donors (Lipinski definition) is 2. The van der Waals surface area contributed by atoms with Crippen molar-refractivity contribution in [1.82, 2.24) is 10.2 Å². The number of nitrogens with two attached hydrogens (primary N) is 1. The molecule has 0 aromatic heterocycles. The normalized spacial score (nSPS) is 20.8. The van der Waals surface area contributed by atoms with Crippen LogP contribution in [0.5, 0.6) is 5.75 Å². The van der Waals surface area contributed by atoms with E-state index in [1.165, 1.54) is 6.07 Å². The van der Waals surface area contributed by atoms with Crippen LogP contribution in [-0.2, 0) is 16.2 Å². The zero-order valence-corrected chi connectivity index (χ0v) is 17.7. The molecule has 6 nitrogen and oxygen atoms in total. The van der Waals surface area contributed by atoms with Crippen molar-refractivity contribution in [2.24, 2.45) is 11.7 Å². The number of benzene rings is 2. The average molecular weight is 443 g/mol. The minimum atomic E-state index is -0.727. The van der Waals surface area contributed by atoms with Crippen LogP contribution in [0.15, 0.2) is 42.5 Å². The highest BCUT2D eigenvalue weighted by molar-refractivity contribution is 5.80. The van der Waals surface area contributed by atoms with E-state index in [1.807, 2.05) is 30.3 Å². The Hall–Kier alpha value is -3.00. The third kappa shape index (κ3) is 5.24. The number of nitrogens with zero attached hydrogens (tertiary/aromatic N) is 1. The summed E-state index contributed by atoms with van der Waals surface area (Å²) in [7, 11) is 0. The van der Waals surface area contributed by atoms with Crippen molar-refractivity contribution in [2.75, 3.05) is 19.6 Å². The van der Waals surface area contributed by atoms with E-state index >= 15 is 0 Å². The average Bonchev–Trinajstić information content (AvgIpc) is 3.57. The maximum atomic E-state index is 14.5. The molecule has 3 N–H and O–H groups in total. The van der Waals surface area contributed by atoms with Crippen molar-refractivity contribution in [2.45, 2.75) is 37.8 Å². The Morgan fingerprint density at radius 1 is 1.12 bits per heavy atom. The number of primary amides is 1. The van der Waals surface area contributed by atoms with Gasteiger partial charge in [0.2, 0.25) is 11.8 Å². The fraction of sp³-hybridized carbons (Fsp3) is 0.417. The SMILES string of the molecule is NC(=O)C1CCN(C(=O)CN[C@@H]2C[C@H]2c2cc(F)cc(F)c2OCc2ccccc2)CC1. The molecular weight excluding hydrogens is 416 g/mol. The number of amides is 2. The van der Waals surface area contributed by atoms with Crippen LogP contribution >= 0.6 is 0 Å². The zero-order chi connectivity index (χ0) is 22.7. The molecule has 0 radical (unpaired) electrons. The number of piperidine rings is 1. The summed E-state index contributed by atoms with van der Waals surface area (Å²) in [5, 5.41) is 3.19. The maximum Gasteiger partial charge on any atom is 0.236 e. The first-order valence-electron chi connectivity index (χ1n) is 10.9. The van der Waals surface area contributed by atoms with Gasteiger partial charge in [-0.15, -0.1) is 0 Å². The summed E-state index contributed by atoms with van der Waals surface area (Å²) in [5.41, 5.74) is 6.70. The van der Waals surface area contributed by atoms with Crippen LogP contribution in [0, 0.1) is 17.6 Å². The van der Waals surface area contributed by atoms with Gasteiger partial charge in [0.1, 0.15) is 12.4 Å². The molecular formula is C24H27F2N3O3. The third-order valence-electron chi connectivity index (χ3n) is 6.22. The highest BCUT2D eigenvalue weighted by atomic mass is 19.1. The molecule has 2 atom stereocenters. The predicted molar refractivity (Wildman–Crippen MR) is 115 cm³/mol. The number of nitrogens with one attached hydrogen (secondary N) is 1. The summed E-state index contributed by atoms with van der Waals surface area (Å²) < 4.78 is 34.1. The minimum Gasteiger partial charge on any atom is -0.486 e. The first-order chi connectivity index (χ1) is 15.4. The van der Waals surface area contributed by atoms with Gasteiger partial charge in [-0.3, -0.25) is 9.59 Å². The molecule has 4 rings (SSSR count). The molecule has 0 bridgehead atoms. The number of carbonyl (C=O) groups excluding carboxylic acids is 2. The molecule has 8 heteroatoms. The second kappa shape index (κ2) is 9.65. The molecule has 1 aliphatic carbocycles. The molecule has 170 valence electrons. The lowest BCUT2D eigenvalue weighted by atomic mass is 9.96. The molecule has 0 unspecified atom stereocenters. The summed E-state index contributed by atoms with van der Waals surface area (Å²) in [6.45, 7) is 1.34. The number of hydrogen-bond acceptors (Lipinski definition) is 4. The van der Waals surface area contributed by atoms with Crippen LogP contribution in [0.2, 0.25) is 0 Å². The number of rotatable bonds is 8. The Bertz CT molecular complexity index is 978. The van der Waals surface area contributed by atoms with Gasteiger partial charge in [-0.05, 0) is 30.9 Å². The second-order valence-electron chi connectivity index (χ2n) is 8.47. The van der Waals surface area contributed by atoms with Gasteiger partial charge in [0, 0.05) is 42.6 Å². The summed E-state index contributed by atoms with van der Waals surface area (Å²) in [6, 6.07) is 11.5. The van der Waals surface area contributed by atoms with E-state index in [0.29, 0.717) is 37.9 Å². The maximum absolute atomic E-state index is 14.5. The Morgan fingerprint density at radius 3 is 2.53 bits per heavy atom. The lowest BCUT2D eigenvalue weighted by molar-refractivity contribution is -0.134. The minimum absolute atomic E-state index is 0.0513. The Morgan fingerprint density at radius 2 is 1.84 bits per heavy atom. The highest BCUT2D eigenvalue weighted by Crippen LogP contribution is 2.46. The molecule has 32 heavy (non-hydrogen) atoms. The molecule has 1 aliphatic heterocycles. The monoisotopic (exact) mass is 443 g/mol.